The van der Waals surface area contributed by atoms with Crippen LogP contribution in [0.2, 0.25) is 0 Å². The van der Waals surface area contributed by atoms with Gasteiger partial charge in [0, 0.05) is 5.39 Å². The zero-order chi connectivity index (χ0) is 16.5. The monoisotopic (exact) mass is 356 g/mol. The quantitative estimate of drug-likeness (QED) is 0.600. The molecule has 0 unspecified atom stereocenters. The molecule has 0 aliphatic rings. The lowest BCUT2D eigenvalue weighted by molar-refractivity contribution is -0.115. The number of aryl methyl sites for hydroxylation is 1. The van der Waals surface area contributed by atoms with E-state index in [1.54, 1.807) is 11.3 Å². The Labute approximate surface area is 145 Å². The molecule has 120 valence electrons. The van der Waals surface area contributed by atoms with Crippen LogP contribution in [0.5, 0.6) is 0 Å². The van der Waals surface area contributed by atoms with Crippen molar-refractivity contribution in [2.45, 2.75) is 13.3 Å². The van der Waals surface area contributed by atoms with E-state index >= 15 is 0 Å². The molecule has 4 rings (SSSR count). The minimum absolute atomic E-state index is 0.129. The summed E-state index contributed by atoms with van der Waals surface area (Å²) in [6.45, 7) is 1.99. The number of amides is 1. The Balaban J connectivity index is 1.49. The Hall–Kier alpha value is -2.58. The molecule has 1 aromatic carbocycles. The van der Waals surface area contributed by atoms with Gasteiger partial charge in [-0.15, -0.1) is 21.5 Å². The zero-order valence-corrected chi connectivity index (χ0v) is 14.3. The lowest BCUT2D eigenvalue weighted by Crippen LogP contribution is -2.14. The Bertz CT molecular complexity index is 1000. The molecule has 3 aromatic heterocycles. The standard InChI is InChI=1S/C16H12N4O2S2/c1-9-4-5-12-10(7-9)11(20-22-12)8-14(21)17-16-19-18-15(24-16)13-3-2-6-23-13/h2-7H,8H2,1H3,(H,17,19,21). The Morgan fingerprint density at radius 3 is 3.04 bits per heavy atom. The van der Waals surface area contributed by atoms with Crippen molar-refractivity contribution in [2.75, 3.05) is 5.32 Å². The first kappa shape index (κ1) is 15.0. The number of carbonyl (C=O) groups is 1. The van der Waals surface area contributed by atoms with Gasteiger partial charge in [0.25, 0.3) is 0 Å². The zero-order valence-electron chi connectivity index (χ0n) is 12.6. The second-order valence-corrected chi connectivity index (χ2v) is 7.17. The molecule has 1 amide bonds. The first-order valence-electron chi connectivity index (χ1n) is 7.21. The summed E-state index contributed by atoms with van der Waals surface area (Å²) in [6, 6.07) is 9.70. The third-order valence-corrected chi connectivity index (χ3v) is 5.31. The predicted octanol–water partition coefficient (Wildman–Crippen LogP) is 3.90. The summed E-state index contributed by atoms with van der Waals surface area (Å²) in [5.74, 6) is -0.194. The van der Waals surface area contributed by atoms with Gasteiger partial charge in [-0.05, 0) is 30.5 Å². The minimum atomic E-state index is -0.194. The van der Waals surface area contributed by atoms with Crippen molar-refractivity contribution in [3.05, 3.63) is 47.0 Å². The van der Waals surface area contributed by atoms with Gasteiger partial charge in [0.15, 0.2) is 10.6 Å². The van der Waals surface area contributed by atoms with Crippen molar-refractivity contribution in [1.82, 2.24) is 15.4 Å². The third-order valence-electron chi connectivity index (χ3n) is 3.43. The molecule has 24 heavy (non-hydrogen) atoms. The number of hydrogen-bond donors (Lipinski definition) is 1. The number of benzene rings is 1. The fraction of sp³-hybridized carbons (Fsp3) is 0.125. The Morgan fingerprint density at radius 1 is 1.29 bits per heavy atom. The molecule has 3 heterocycles. The van der Waals surface area contributed by atoms with Crippen molar-refractivity contribution < 1.29 is 9.32 Å². The van der Waals surface area contributed by atoms with Gasteiger partial charge in [0.2, 0.25) is 11.0 Å². The molecular weight excluding hydrogens is 344 g/mol. The van der Waals surface area contributed by atoms with Crippen LogP contribution in [0.15, 0.2) is 40.2 Å². The normalized spacial score (nSPS) is 11.0. The van der Waals surface area contributed by atoms with E-state index in [0.29, 0.717) is 16.4 Å². The lowest BCUT2D eigenvalue weighted by atomic mass is 10.1. The van der Waals surface area contributed by atoms with Crippen LogP contribution in [0.25, 0.3) is 20.9 Å². The number of fused-ring (bicyclic) bond motifs is 1. The van der Waals surface area contributed by atoms with Crippen LogP contribution in [0.3, 0.4) is 0 Å². The molecule has 4 aromatic rings. The van der Waals surface area contributed by atoms with Crippen LogP contribution >= 0.6 is 22.7 Å². The maximum Gasteiger partial charge on any atom is 0.232 e. The van der Waals surface area contributed by atoms with Gasteiger partial charge >= 0.3 is 0 Å². The molecule has 0 bridgehead atoms. The predicted molar refractivity (Wildman–Crippen MR) is 94.3 cm³/mol. The topological polar surface area (TPSA) is 80.9 Å². The Morgan fingerprint density at radius 2 is 2.21 bits per heavy atom. The summed E-state index contributed by atoms with van der Waals surface area (Å²) in [5.41, 5.74) is 2.39. The SMILES string of the molecule is Cc1ccc2onc(CC(=O)Nc3nnc(-c4cccs4)s3)c2c1. The van der Waals surface area contributed by atoms with Crippen molar-refractivity contribution >= 4 is 44.7 Å². The second kappa shape index (κ2) is 6.14. The highest BCUT2D eigenvalue weighted by Crippen LogP contribution is 2.29. The molecule has 0 saturated heterocycles. The minimum Gasteiger partial charge on any atom is -0.356 e. The molecule has 0 aliphatic carbocycles. The van der Waals surface area contributed by atoms with E-state index in [0.717, 1.165) is 20.8 Å². The van der Waals surface area contributed by atoms with Crippen LogP contribution < -0.4 is 5.32 Å². The van der Waals surface area contributed by atoms with Crippen LogP contribution in [0.4, 0.5) is 5.13 Å². The number of nitrogens with one attached hydrogen (secondary N) is 1. The maximum atomic E-state index is 12.3. The molecule has 6 nitrogen and oxygen atoms in total. The molecular formula is C16H12N4O2S2. The number of hydrogen-bond acceptors (Lipinski definition) is 7. The van der Waals surface area contributed by atoms with E-state index in [1.165, 1.54) is 11.3 Å². The van der Waals surface area contributed by atoms with E-state index < -0.39 is 0 Å². The lowest BCUT2D eigenvalue weighted by Gasteiger charge is -1.99. The molecule has 8 heteroatoms. The average Bonchev–Trinajstić information content (AvgIpc) is 3.28. The van der Waals surface area contributed by atoms with E-state index in [2.05, 4.69) is 20.7 Å². The third kappa shape index (κ3) is 2.93. The van der Waals surface area contributed by atoms with Gasteiger partial charge in [-0.1, -0.05) is 34.2 Å². The van der Waals surface area contributed by atoms with Crippen LogP contribution in [0.1, 0.15) is 11.3 Å². The van der Waals surface area contributed by atoms with Crippen LogP contribution in [0, 0.1) is 6.92 Å². The molecule has 0 saturated carbocycles. The number of rotatable bonds is 4. The van der Waals surface area contributed by atoms with Crippen molar-refractivity contribution in [3.63, 3.8) is 0 Å². The molecule has 0 aliphatic heterocycles. The van der Waals surface area contributed by atoms with Gasteiger partial charge in [-0.3, -0.25) is 4.79 Å². The van der Waals surface area contributed by atoms with Gasteiger partial charge < -0.3 is 9.84 Å². The van der Waals surface area contributed by atoms with Crippen LogP contribution in [-0.2, 0) is 11.2 Å². The molecule has 0 atom stereocenters. The van der Waals surface area contributed by atoms with E-state index in [-0.39, 0.29) is 12.3 Å². The van der Waals surface area contributed by atoms with E-state index in [1.807, 2.05) is 42.6 Å². The summed E-state index contributed by atoms with van der Waals surface area (Å²) >= 11 is 2.94. The van der Waals surface area contributed by atoms with E-state index in [9.17, 15) is 4.79 Å². The summed E-state index contributed by atoms with van der Waals surface area (Å²) in [4.78, 5) is 13.3. The highest BCUT2D eigenvalue weighted by atomic mass is 32.1. The smallest absolute Gasteiger partial charge is 0.232 e. The van der Waals surface area contributed by atoms with Gasteiger partial charge in [0.1, 0.15) is 5.69 Å². The molecule has 0 spiro atoms. The average molecular weight is 356 g/mol. The maximum absolute atomic E-state index is 12.3. The number of thiophene rings is 1. The molecule has 0 radical (unpaired) electrons. The summed E-state index contributed by atoms with van der Waals surface area (Å²) in [5, 5.41) is 19.0. The first-order chi connectivity index (χ1) is 11.7. The number of carbonyl (C=O) groups excluding carboxylic acids is 1. The number of nitrogens with zero attached hydrogens (tertiary/aromatic N) is 3. The van der Waals surface area contributed by atoms with Gasteiger partial charge in [0.05, 0.1) is 11.3 Å². The number of aromatic nitrogens is 3. The van der Waals surface area contributed by atoms with Crippen molar-refractivity contribution in [1.29, 1.82) is 0 Å². The second-order valence-electron chi connectivity index (χ2n) is 5.24. The highest BCUT2D eigenvalue weighted by Gasteiger charge is 2.15. The number of anilines is 1. The molecule has 1 N–H and O–H groups in total. The summed E-state index contributed by atoms with van der Waals surface area (Å²) in [6.07, 6.45) is 0.129. The summed E-state index contributed by atoms with van der Waals surface area (Å²) in [7, 11) is 0. The van der Waals surface area contributed by atoms with E-state index in [4.69, 9.17) is 4.52 Å². The van der Waals surface area contributed by atoms with Crippen LogP contribution in [-0.4, -0.2) is 21.3 Å². The fourth-order valence-corrected chi connectivity index (χ4v) is 3.87. The highest BCUT2D eigenvalue weighted by molar-refractivity contribution is 7.23. The van der Waals surface area contributed by atoms with Gasteiger partial charge in [-0.2, -0.15) is 0 Å². The Kier molecular flexibility index (Phi) is 3.83. The molecule has 0 fully saturated rings. The largest absolute Gasteiger partial charge is 0.356 e. The fourth-order valence-electron chi connectivity index (χ4n) is 2.32. The van der Waals surface area contributed by atoms with Gasteiger partial charge in [-0.25, -0.2) is 0 Å². The summed E-state index contributed by atoms with van der Waals surface area (Å²) < 4.78 is 5.25. The first-order valence-corrected chi connectivity index (χ1v) is 8.91. The van der Waals surface area contributed by atoms with Crippen molar-refractivity contribution in [2.24, 2.45) is 0 Å². The van der Waals surface area contributed by atoms with Crippen molar-refractivity contribution in [3.8, 4) is 9.88 Å².